The minimum Gasteiger partial charge on any atom is -0.373 e. The van der Waals surface area contributed by atoms with E-state index in [-0.39, 0.29) is 0 Å². The van der Waals surface area contributed by atoms with Gasteiger partial charge in [-0.2, -0.15) is 0 Å². The number of nitrogens with one attached hydrogen (secondary N) is 1. The second-order valence-corrected chi connectivity index (χ2v) is 6.29. The first-order chi connectivity index (χ1) is 9.76. The Morgan fingerprint density at radius 2 is 2.00 bits per heavy atom. The average Bonchev–Trinajstić information content (AvgIpc) is 3.08. The molecule has 20 heavy (non-hydrogen) atoms. The number of nitrogens with zero attached hydrogens (tertiary/aromatic N) is 3. The molecule has 0 bridgehead atoms. The first-order valence-corrected chi connectivity index (χ1v) is 8.02. The van der Waals surface area contributed by atoms with Crippen LogP contribution in [0.15, 0.2) is 6.07 Å². The van der Waals surface area contributed by atoms with Gasteiger partial charge in [-0.3, -0.25) is 4.90 Å². The molecule has 1 atom stereocenters. The number of anilines is 1. The van der Waals surface area contributed by atoms with Gasteiger partial charge in [-0.25, -0.2) is 9.97 Å². The summed E-state index contributed by atoms with van der Waals surface area (Å²) in [6, 6.07) is 2.78. The van der Waals surface area contributed by atoms with Crippen molar-refractivity contribution in [2.24, 2.45) is 5.92 Å². The molecule has 1 N–H and O–H groups in total. The average molecular weight is 274 g/mol. The summed E-state index contributed by atoms with van der Waals surface area (Å²) >= 11 is 0. The first kappa shape index (κ1) is 13.8. The first-order valence-electron chi connectivity index (χ1n) is 8.02. The van der Waals surface area contributed by atoms with Crippen LogP contribution in [0.25, 0.3) is 0 Å². The van der Waals surface area contributed by atoms with E-state index >= 15 is 0 Å². The van der Waals surface area contributed by atoms with Gasteiger partial charge in [-0.1, -0.05) is 12.8 Å². The molecule has 2 fully saturated rings. The van der Waals surface area contributed by atoms with E-state index < -0.39 is 0 Å². The van der Waals surface area contributed by atoms with Crippen molar-refractivity contribution in [2.75, 3.05) is 18.9 Å². The molecule has 1 aliphatic carbocycles. The maximum Gasteiger partial charge on any atom is 0.144 e. The summed E-state index contributed by atoms with van der Waals surface area (Å²) in [5, 5.41) is 3.13. The molecule has 0 radical (unpaired) electrons. The Balaban J connectivity index is 1.71. The van der Waals surface area contributed by atoms with E-state index in [1.165, 1.54) is 45.1 Å². The fourth-order valence-electron chi connectivity index (χ4n) is 3.93. The lowest BCUT2D eigenvalue weighted by atomic mass is 9.96. The highest BCUT2D eigenvalue weighted by molar-refractivity contribution is 5.34. The Morgan fingerprint density at radius 3 is 2.75 bits per heavy atom. The van der Waals surface area contributed by atoms with Gasteiger partial charge in [0.05, 0.1) is 6.54 Å². The van der Waals surface area contributed by atoms with E-state index in [1.54, 1.807) is 0 Å². The van der Waals surface area contributed by atoms with Crippen molar-refractivity contribution in [2.45, 2.75) is 58.0 Å². The van der Waals surface area contributed by atoms with E-state index in [1.807, 2.05) is 20.0 Å². The highest BCUT2D eigenvalue weighted by Crippen LogP contribution is 2.35. The van der Waals surface area contributed by atoms with E-state index in [0.29, 0.717) is 0 Å². The second-order valence-electron chi connectivity index (χ2n) is 6.29. The van der Waals surface area contributed by atoms with Crippen LogP contribution in [0.5, 0.6) is 0 Å². The van der Waals surface area contributed by atoms with Gasteiger partial charge < -0.3 is 5.32 Å². The van der Waals surface area contributed by atoms with Crippen molar-refractivity contribution in [3.05, 3.63) is 17.6 Å². The zero-order chi connectivity index (χ0) is 13.9. The van der Waals surface area contributed by atoms with Gasteiger partial charge in [-0.05, 0) is 45.1 Å². The van der Waals surface area contributed by atoms with Crippen LogP contribution in [0.2, 0.25) is 0 Å². The van der Waals surface area contributed by atoms with Gasteiger partial charge in [0.1, 0.15) is 11.6 Å². The number of aryl methyl sites for hydroxylation is 1. The minimum atomic E-state index is 0.777. The molecular weight excluding hydrogens is 248 g/mol. The molecule has 110 valence electrons. The Bertz CT molecular complexity index is 454. The third kappa shape index (κ3) is 2.95. The maximum atomic E-state index is 4.61. The van der Waals surface area contributed by atoms with Crippen LogP contribution in [0, 0.1) is 12.8 Å². The Morgan fingerprint density at radius 1 is 1.20 bits per heavy atom. The largest absolute Gasteiger partial charge is 0.373 e. The Hall–Kier alpha value is -1.16. The van der Waals surface area contributed by atoms with Crippen LogP contribution in [0.1, 0.15) is 50.0 Å². The van der Waals surface area contributed by atoms with Crippen LogP contribution < -0.4 is 5.32 Å². The molecule has 0 aromatic carbocycles. The molecule has 0 spiro atoms. The lowest BCUT2D eigenvalue weighted by Crippen LogP contribution is -2.34. The predicted octanol–water partition coefficient (Wildman–Crippen LogP) is 2.98. The van der Waals surface area contributed by atoms with Crippen molar-refractivity contribution in [3.63, 3.8) is 0 Å². The normalized spacial score (nSPS) is 24.4. The minimum absolute atomic E-state index is 0.777. The fraction of sp³-hybridized carbons (Fsp3) is 0.750. The molecule has 2 aliphatic rings. The van der Waals surface area contributed by atoms with Crippen LogP contribution in [-0.2, 0) is 6.54 Å². The van der Waals surface area contributed by atoms with Gasteiger partial charge in [0.15, 0.2) is 0 Å². The number of hydrogen-bond acceptors (Lipinski definition) is 4. The summed E-state index contributed by atoms with van der Waals surface area (Å²) in [4.78, 5) is 11.9. The third-order valence-electron chi connectivity index (χ3n) is 4.86. The molecule has 1 unspecified atom stereocenters. The lowest BCUT2D eigenvalue weighted by Gasteiger charge is -2.28. The lowest BCUT2D eigenvalue weighted by molar-refractivity contribution is 0.179. The van der Waals surface area contributed by atoms with Crippen molar-refractivity contribution in [1.82, 2.24) is 14.9 Å². The highest BCUT2D eigenvalue weighted by Gasteiger charge is 2.33. The van der Waals surface area contributed by atoms with Crippen LogP contribution in [0.3, 0.4) is 0 Å². The summed E-state index contributed by atoms with van der Waals surface area (Å²) in [6.45, 7) is 4.18. The van der Waals surface area contributed by atoms with Gasteiger partial charge in [0.2, 0.25) is 0 Å². The van der Waals surface area contributed by atoms with Crippen molar-refractivity contribution < 1.29 is 0 Å². The third-order valence-corrected chi connectivity index (χ3v) is 4.86. The molecule has 1 saturated carbocycles. The van der Waals surface area contributed by atoms with Crippen LogP contribution in [0.4, 0.5) is 5.82 Å². The zero-order valence-corrected chi connectivity index (χ0v) is 12.7. The van der Waals surface area contributed by atoms with E-state index in [2.05, 4.69) is 20.2 Å². The predicted molar refractivity (Wildman–Crippen MR) is 81.7 cm³/mol. The Labute approximate surface area is 122 Å². The van der Waals surface area contributed by atoms with Gasteiger partial charge in [0.25, 0.3) is 0 Å². The topological polar surface area (TPSA) is 41.1 Å². The number of likely N-dealkylation sites (tertiary alicyclic amines) is 1. The molecule has 1 aromatic heterocycles. The monoisotopic (exact) mass is 274 g/mol. The van der Waals surface area contributed by atoms with Crippen molar-refractivity contribution in [1.29, 1.82) is 0 Å². The van der Waals surface area contributed by atoms with Gasteiger partial charge in [0, 0.05) is 24.8 Å². The smallest absolute Gasteiger partial charge is 0.144 e. The molecule has 0 amide bonds. The summed E-state index contributed by atoms with van der Waals surface area (Å²) in [5.41, 5.74) is 1.05. The fourth-order valence-corrected chi connectivity index (χ4v) is 3.93. The quantitative estimate of drug-likeness (QED) is 0.916. The molecule has 1 saturated heterocycles. The number of hydrogen-bond donors (Lipinski definition) is 1. The van der Waals surface area contributed by atoms with E-state index in [9.17, 15) is 0 Å². The molecule has 1 aliphatic heterocycles. The summed E-state index contributed by atoms with van der Waals surface area (Å²) < 4.78 is 0. The van der Waals surface area contributed by atoms with E-state index in [4.69, 9.17) is 0 Å². The van der Waals surface area contributed by atoms with Crippen molar-refractivity contribution >= 4 is 5.82 Å². The summed E-state index contributed by atoms with van der Waals surface area (Å²) in [6.07, 6.45) is 8.43. The molecule has 4 heteroatoms. The van der Waals surface area contributed by atoms with E-state index in [0.717, 1.165) is 35.8 Å². The number of aromatic nitrogens is 2. The highest BCUT2D eigenvalue weighted by atomic mass is 15.2. The molecular formula is C16H26N4. The number of rotatable bonds is 4. The molecule has 1 aromatic rings. The van der Waals surface area contributed by atoms with Crippen molar-refractivity contribution in [3.8, 4) is 0 Å². The standard InChI is InChI=1S/C16H26N4/c1-12-10-15(17-2)19-16(18-12)11-20-9-5-8-14(20)13-6-3-4-7-13/h10,13-14H,3-9,11H2,1-2H3,(H,17,18,19). The van der Waals surface area contributed by atoms with Crippen LogP contribution in [-0.4, -0.2) is 34.5 Å². The second kappa shape index (κ2) is 6.08. The zero-order valence-electron chi connectivity index (χ0n) is 12.7. The van der Waals surface area contributed by atoms with Gasteiger partial charge in [-0.15, -0.1) is 0 Å². The van der Waals surface area contributed by atoms with Crippen LogP contribution >= 0.6 is 0 Å². The summed E-state index contributed by atoms with van der Waals surface area (Å²) in [7, 11) is 1.92. The maximum absolute atomic E-state index is 4.61. The summed E-state index contributed by atoms with van der Waals surface area (Å²) in [5.74, 6) is 2.83. The molecule has 2 heterocycles. The SMILES string of the molecule is CNc1cc(C)nc(CN2CCCC2C2CCCC2)n1. The van der Waals surface area contributed by atoms with Gasteiger partial charge >= 0.3 is 0 Å². The Kier molecular flexibility index (Phi) is 4.20. The molecule has 4 nitrogen and oxygen atoms in total. The molecule has 3 rings (SSSR count).